The Bertz CT molecular complexity index is 224. The fourth-order valence-electron chi connectivity index (χ4n) is 1.43. The zero-order valence-corrected chi connectivity index (χ0v) is 7.76. The molecule has 1 unspecified atom stereocenters. The molecule has 0 radical (unpaired) electrons. The van der Waals surface area contributed by atoms with E-state index in [2.05, 4.69) is 16.7 Å². The Morgan fingerprint density at radius 1 is 1.67 bits per heavy atom. The molecule has 1 aliphatic rings. The van der Waals surface area contributed by atoms with Gasteiger partial charge in [-0.15, -0.1) is 5.92 Å². The van der Waals surface area contributed by atoms with Crippen LogP contribution in [0.4, 0.5) is 0 Å². The van der Waals surface area contributed by atoms with Crippen LogP contribution in [-0.2, 0) is 4.79 Å². The van der Waals surface area contributed by atoms with E-state index >= 15 is 0 Å². The van der Waals surface area contributed by atoms with Gasteiger partial charge in [-0.05, 0) is 6.92 Å². The third kappa shape index (κ3) is 2.35. The number of piperidine rings is 1. The SMILES string of the molecule is CC#CCN1CCC(=O)C(C)C1. The first-order valence-corrected chi connectivity index (χ1v) is 4.38. The number of ketones is 1. The Morgan fingerprint density at radius 2 is 2.42 bits per heavy atom. The largest absolute Gasteiger partial charge is 0.299 e. The summed E-state index contributed by atoms with van der Waals surface area (Å²) >= 11 is 0. The van der Waals surface area contributed by atoms with E-state index in [-0.39, 0.29) is 5.92 Å². The zero-order valence-electron chi connectivity index (χ0n) is 7.76. The minimum absolute atomic E-state index is 0.206. The predicted molar refractivity (Wildman–Crippen MR) is 48.7 cm³/mol. The molecule has 66 valence electrons. The van der Waals surface area contributed by atoms with E-state index in [9.17, 15) is 4.79 Å². The van der Waals surface area contributed by atoms with Crippen LogP contribution in [0.1, 0.15) is 20.3 Å². The molecule has 1 rings (SSSR count). The summed E-state index contributed by atoms with van der Waals surface area (Å²) in [5.74, 6) is 6.49. The number of rotatable bonds is 1. The molecule has 0 aliphatic carbocycles. The number of carbonyl (C=O) groups excluding carboxylic acids is 1. The van der Waals surface area contributed by atoms with Crippen molar-refractivity contribution in [1.82, 2.24) is 4.90 Å². The third-order valence-electron chi connectivity index (χ3n) is 2.24. The van der Waals surface area contributed by atoms with Gasteiger partial charge in [0.2, 0.25) is 0 Å². The summed E-state index contributed by atoms with van der Waals surface area (Å²) in [4.78, 5) is 13.4. The lowest BCUT2D eigenvalue weighted by molar-refractivity contribution is -0.125. The normalized spacial score (nSPS) is 24.8. The first kappa shape index (κ1) is 9.28. The van der Waals surface area contributed by atoms with Crippen LogP contribution in [-0.4, -0.2) is 30.3 Å². The number of nitrogens with zero attached hydrogens (tertiary/aromatic N) is 1. The van der Waals surface area contributed by atoms with Gasteiger partial charge < -0.3 is 0 Å². The monoisotopic (exact) mass is 165 g/mol. The standard InChI is InChI=1S/C10H15NO/c1-3-4-6-11-7-5-10(12)9(2)8-11/h9H,5-8H2,1-2H3. The minimum Gasteiger partial charge on any atom is -0.299 e. The topological polar surface area (TPSA) is 20.3 Å². The van der Waals surface area contributed by atoms with Crippen molar-refractivity contribution in [3.8, 4) is 11.8 Å². The van der Waals surface area contributed by atoms with Crippen molar-refractivity contribution in [2.45, 2.75) is 20.3 Å². The average molecular weight is 165 g/mol. The molecular formula is C10H15NO. The van der Waals surface area contributed by atoms with Crippen LogP contribution in [0.3, 0.4) is 0 Å². The number of hydrogen-bond donors (Lipinski definition) is 0. The Balaban J connectivity index is 2.38. The Hall–Kier alpha value is -0.810. The lowest BCUT2D eigenvalue weighted by Gasteiger charge is -2.27. The molecule has 0 N–H and O–H groups in total. The highest BCUT2D eigenvalue weighted by Crippen LogP contribution is 2.10. The first-order chi connectivity index (χ1) is 5.74. The maximum Gasteiger partial charge on any atom is 0.138 e. The van der Waals surface area contributed by atoms with Gasteiger partial charge in [0, 0.05) is 25.4 Å². The van der Waals surface area contributed by atoms with Crippen LogP contribution in [0.5, 0.6) is 0 Å². The van der Waals surface area contributed by atoms with Gasteiger partial charge in [-0.25, -0.2) is 0 Å². The number of hydrogen-bond acceptors (Lipinski definition) is 2. The molecule has 0 bridgehead atoms. The summed E-state index contributed by atoms with van der Waals surface area (Å²) in [6.45, 7) is 6.42. The smallest absolute Gasteiger partial charge is 0.138 e. The van der Waals surface area contributed by atoms with Crippen LogP contribution in [0.15, 0.2) is 0 Å². The summed E-state index contributed by atoms with van der Waals surface area (Å²) in [5.41, 5.74) is 0. The van der Waals surface area contributed by atoms with Gasteiger partial charge in [0.1, 0.15) is 5.78 Å². The second-order valence-corrected chi connectivity index (χ2v) is 3.28. The highest BCUT2D eigenvalue weighted by molar-refractivity contribution is 5.81. The van der Waals surface area contributed by atoms with Crippen molar-refractivity contribution < 1.29 is 4.79 Å². The van der Waals surface area contributed by atoms with Crippen molar-refractivity contribution in [2.75, 3.05) is 19.6 Å². The molecule has 2 heteroatoms. The summed E-state index contributed by atoms with van der Waals surface area (Å²) in [5, 5.41) is 0. The van der Waals surface area contributed by atoms with Crippen molar-refractivity contribution >= 4 is 5.78 Å². The van der Waals surface area contributed by atoms with Gasteiger partial charge in [-0.1, -0.05) is 12.8 Å². The lowest BCUT2D eigenvalue weighted by atomic mass is 9.99. The molecular weight excluding hydrogens is 150 g/mol. The van der Waals surface area contributed by atoms with Crippen LogP contribution < -0.4 is 0 Å². The van der Waals surface area contributed by atoms with E-state index in [1.54, 1.807) is 0 Å². The summed E-state index contributed by atoms with van der Waals surface area (Å²) in [6, 6.07) is 0. The van der Waals surface area contributed by atoms with Crippen molar-refractivity contribution in [1.29, 1.82) is 0 Å². The van der Waals surface area contributed by atoms with Crippen molar-refractivity contribution in [3.05, 3.63) is 0 Å². The van der Waals surface area contributed by atoms with E-state index < -0.39 is 0 Å². The van der Waals surface area contributed by atoms with Gasteiger partial charge in [-0.3, -0.25) is 9.69 Å². The van der Waals surface area contributed by atoms with E-state index in [1.165, 1.54) is 0 Å². The maximum absolute atomic E-state index is 11.2. The molecule has 1 heterocycles. The van der Waals surface area contributed by atoms with Crippen molar-refractivity contribution in [3.63, 3.8) is 0 Å². The quantitative estimate of drug-likeness (QED) is 0.538. The summed E-state index contributed by atoms with van der Waals surface area (Å²) in [6.07, 6.45) is 0.701. The zero-order chi connectivity index (χ0) is 8.97. The molecule has 1 fully saturated rings. The van der Waals surface area contributed by atoms with Crippen LogP contribution in [0.25, 0.3) is 0 Å². The number of Topliss-reactive ketones (excluding diaryl/α,β-unsaturated/α-hetero) is 1. The van der Waals surface area contributed by atoms with Crippen LogP contribution in [0.2, 0.25) is 0 Å². The van der Waals surface area contributed by atoms with Gasteiger partial charge in [0.05, 0.1) is 6.54 Å². The Morgan fingerprint density at radius 3 is 3.00 bits per heavy atom. The predicted octanol–water partition coefficient (Wildman–Crippen LogP) is 0.921. The van der Waals surface area contributed by atoms with E-state index in [0.717, 1.165) is 19.6 Å². The second kappa shape index (κ2) is 4.27. The molecule has 1 atom stereocenters. The molecule has 0 aromatic rings. The Kier molecular flexibility index (Phi) is 3.31. The van der Waals surface area contributed by atoms with Gasteiger partial charge in [0.25, 0.3) is 0 Å². The van der Waals surface area contributed by atoms with Crippen LogP contribution >= 0.6 is 0 Å². The maximum atomic E-state index is 11.2. The molecule has 1 aliphatic heterocycles. The summed E-state index contributed by atoms with van der Waals surface area (Å²) in [7, 11) is 0. The van der Waals surface area contributed by atoms with Gasteiger partial charge in [0.15, 0.2) is 0 Å². The highest BCUT2D eigenvalue weighted by atomic mass is 16.1. The Labute approximate surface area is 73.9 Å². The molecule has 0 aromatic heterocycles. The van der Waals surface area contributed by atoms with E-state index in [1.807, 2.05) is 13.8 Å². The van der Waals surface area contributed by atoms with E-state index in [0.29, 0.717) is 12.2 Å². The molecule has 0 aromatic carbocycles. The lowest BCUT2D eigenvalue weighted by Crippen LogP contribution is -2.39. The van der Waals surface area contributed by atoms with Gasteiger partial charge in [-0.2, -0.15) is 0 Å². The fourth-order valence-corrected chi connectivity index (χ4v) is 1.43. The third-order valence-corrected chi connectivity index (χ3v) is 2.24. The molecule has 2 nitrogen and oxygen atoms in total. The second-order valence-electron chi connectivity index (χ2n) is 3.28. The van der Waals surface area contributed by atoms with E-state index in [4.69, 9.17) is 0 Å². The number of likely N-dealkylation sites (tertiary alicyclic amines) is 1. The molecule has 0 saturated carbocycles. The molecule has 1 saturated heterocycles. The number of carbonyl (C=O) groups is 1. The highest BCUT2D eigenvalue weighted by Gasteiger charge is 2.22. The summed E-state index contributed by atoms with van der Waals surface area (Å²) < 4.78 is 0. The molecule has 12 heavy (non-hydrogen) atoms. The molecule has 0 amide bonds. The van der Waals surface area contributed by atoms with Crippen molar-refractivity contribution in [2.24, 2.45) is 5.92 Å². The van der Waals surface area contributed by atoms with Gasteiger partial charge >= 0.3 is 0 Å². The van der Waals surface area contributed by atoms with Crippen LogP contribution in [0, 0.1) is 17.8 Å². The average Bonchev–Trinajstić information content (AvgIpc) is 2.07. The molecule has 0 spiro atoms. The first-order valence-electron chi connectivity index (χ1n) is 4.38. The fraction of sp³-hybridized carbons (Fsp3) is 0.700. The minimum atomic E-state index is 0.206.